The van der Waals surface area contributed by atoms with Gasteiger partial charge in [-0.2, -0.15) is 5.26 Å². The van der Waals surface area contributed by atoms with Crippen molar-refractivity contribution >= 4 is 112 Å². The second-order valence-corrected chi connectivity index (χ2v) is 20.2. The average molecular weight is 985 g/mol. The third kappa shape index (κ3) is 6.11. The molecule has 0 saturated carbocycles. The molecule has 0 N–H and O–H groups in total. The highest BCUT2D eigenvalue weighted by atomic mass is 32.1. The van der Waals surface area contributed by atoms with Gasteiger partial charge in [0.25, 0.3) is 0 Å². The second kappa shape index (κ2) is 16.5. The summed E-state index contributed by atoms with van der Waals surface area (Å²) in [6.07, 6.45) is 0. The monoisotopic (exact) mass is 984 g/mol. The molecule has 0 fully saturated rings. The molecule has 0 aliphatic carbocycles. The highest BCUT2D eigenvalue weighted by Crippen LogP contribution is 2.55. The molecule has 0 aliphatic heterocycles. The first-order chi connectivity index (χ1) is 40.8. The van der Waals surface area contributed by atoms with Gasteiger partial charge in [0.1, 0.15) is 6.07 Å². The minimum absolute atomic E-state index is 0.0341. The molecule has 15 rings (SSSR count). The third-order valence-corrected chi connectivity index (χ3v) is 16.7. The lowest BCUT2D eigenvalue weighted by atomic mass is 9.88. The van der Waals surface area contributed by atoms with Gasteiger partial charge in [0.05, 0.1) is 68.7 Å². The van der Waals surface area contributed by atoms with Crippen molar-refractivity contribution in [1.82, 2.24) is 9.13 Å². The van der Waals surface area contributed by atoms with Crippen LogP contribution in [0.2, 0.25) is 0 Å². The van der Waals surface area contributed by atoms with Gasteiger partial charge in [-0.15, -0.1) is 22.7 Å². The van der Waals surface area contributed by atoms with Crippen LogP contribution in [0.25, 0.3) is 145 Å². The molecular formula is C68H38N4S2. The number of hydrogen-bond acceptors (Lipinski definition) is 3. The Hall–Kier alpha value is -9.56. The van der Waals surface area contributed by atoms with E-state index in [0.29, 0.717) is 22.1 Å². The fourth-order valence-electron chi connectivity index (χ4n) is 11.2. The van der Waals surface area contributed by atoms with Gasteiger partial charge in [-0.3, -0.25) is 0 Å². The lowest BCUT2D eigenvalue weighted by Gasteiger charge is -2.26. The van der Waals surface area contributed by atoms with E-state index in [-0.39, 0.29) is 39.3 Å². The fourth-order valence-corrected chi connectivity index (χ4v) is 13.7. The van der Waals surface area contributed by atoms with Crippen LogP contribution in [0, 0.1) is 17.9 Å². The molecular weight excluding hydrogens is 937 g/mol. The van der Waals surface area contributed by atoms with Gasteiger partial charge in [-0.25, -0.2) is 4.85 Å². The zero-order chi connectivity index (χ0) is 57.7. The second-order valence-electron chi connectivity index (χ2n) is 18.1. The Morgan fingerprint density at radius 3 is 1.34 bits per heavy atom. The van der Waals surface area contributed by atoms with Gasteiger partial charge in [0.15, 0.2) is 0 Å². The molecule has 15 aromatic rings. The Kier molecular flexibility index (Phi) is 7.39. The molecule has 0 amide bonds. The predicted octanol–water partition coefficient (Wildman–Crippen LogP) is 19.7. The zero-order valence-corrected chi connectivity index (χ0v) is 40.4. The number of rotatable bonds is 6. The fraction of sp³-hybridized carbons (Fsp3) is 0. The summed E-state index contributed by atoms with van der Waals surface area (Å²) >= 11 is 3.05. The van der Waals surface area contributed by atoms with Crippen molar-refractivity contribution in [2.24, 2.45) is 0 Å². The van der Waals surface area contributed by atoms with E-state index in [1.54, 1.807) is 0 Å². The molecule has 0 spiro atoms. The van der Waals surface area contributed by atoms with Gasteiger partial charge in [-0.05, 0) is 57.6 Å². The van der Waals surface area contributed by atoms with Crippen LogP contribution in [0.15, 0.2) is 230 Å². The van der Waals surface area contributed by atoms with Crippen LogP contribution in [0.5, 0.6) is 0 Å². The van der Waals surface area contributed by atoms with E-state index in [0.717, 1.165) is 84.1 Å². The molecule has 0 atom stereocenters. The summed E-state index contributed by atoms with van der Waals surface area (Å²) in [4.78, 5) is 4.37. The van der Waals surface area contributed by atoms with Gasteiger partial charge in [0, 0.05) is 63.6 Å². The zero-order valence-electron chi connectivity index (χ0n) is 48.8. The van der Waals surface area contributed by atoms with Crippen LogP contribution in [-0.4, -0.2) is 9.13 Å². The minimum Gasteiger partial charge on any atom is -0.317 e. The van der Waals surface area contributed by atoms with Crippen molar-refractivity contribution in [2.75, 3.05) is 0 Å². The summed E-state index contributed by atoms with van der Waals surface area (Å²) in [6, 6.07) is 51.6. The first-order valence-corrected chi connectivity index (χ1v) is 25.5. The highest BCUT2D eigenvalue weighted by Gasteiger charge is 2.33. The SMILES string of the molecule is [2H]c1c([2H])c([2H])c(-c2c(C#N)c(-n3c4cc(-c5ccccc5)ccc4c4ccc5c6ccccc6sc5c43)c(-c3c([2H])c([2H])c([2H])c([2H])c3[2H])c(-n3c4cc(-c5ccccc5)ccc4c4ccc5c6ccccc6sc5c43)c2[N+]#[C-])c([2H])c1[2H]. The van der Waals surface area contributed by atoms with Gasteiger partial charge < -0.3 is 9.13 Å². The van der Waals surface area contributed by atoms with E-state index in [9.17, 15) is 22.8 Å². The van der Waals surface area contributed by atoms with E-state index < -0.39 is 66.0 Å². The number of thiophene rings is 2. The molecule has 342 valence electrons. The molecule has 0 bridgehead atoms. The number of aromatic nitrogens is 2. The molecule has 4 aromatic heterocycles. The smallest absolute Gasteiger partial charge is 0.220 e. The maximum Gasteiger partial charge on any atom is 0.220 e. The maximum atomic E-state index is 12.5. The summed E-state index contributed by atoms with van der Waals surface area (Å²) < 4.78 is 102. The summed E-state index contributed by atoms with van der Waals surface area (Å²) in [5.74, 6) is 0. The molecule has 0 unspecified atom stereocenters. The number of hydrogen-bond donors (Lipinski definition) is 0. The van der Waals surface area contributed by atoms with Gasteiger partial charge in [-0.1, -0.05) is 206 Å². The molecule has 0 aliphatic rings. The van der Waals surface area contributed by atoms with Crippen molar-refractivity contribution in [2.45, 2.75) is 0 Å². The van der Waals surface area contributed by atoms with E-state index in [2.05, 4.69) is 23.0 Å². The van der Waals surface area contributed by atoms with Crippen LogP contribution in [0.4, 0.5) is 5.69 Å². The van der Waals surface area contributed by atoms with Crippen LogP contribution in [-0.2, 0) is 0 Å². The van der Waals surface area contributed by atoms with E-state index >= 15 is 0 Å². The van der Waals surface area contributed by atoms with Crippen molar-refractivity contribution in [3.05, 3.63) is 247 Å². The highest BCUT2D eigenvalue weighted by molar-refractivity contribution is 7.27. The Labute approximate surface area is 447 Å². The largest absolute Gasteiger partial charge is 0.317 e. The molecule has 74 heavy (non-hydrogen) atoms. The quantitative estimate of drug-likeness (QED) is 0.153. The molecule has 0 radical (unpaired) electrons. The molecule has 6 heteroatoms. The predicted molar refractivity (Wildman–Crippen MR) is 314 cm³/mol. The Morgan fingerprint density at radius 1 is 0.419 bits per heavy atom. The first kappa shape index (κ1) is 33.2. The molecule has 11 aromatic carbocycles. The van der Waals surface area contributed by atoms with E-state index in [1.165, 1.54) is 22.7 Å². The normalized spacial score (nSPS) is 13.6. The summed E-state index contributed by atoms with van der Waals surface area (Å²) in [5.41, 5.74) is 3.70. The molecule has 0 saturated heterocycles. The van der Waals surface area contributed by atoms with Gasteiger partial charge in [0.2, 0.25) is 5.69 Å². The van der Waals surface area contributed by atoms with E-state index in [1.807, 2.05) is 167 Å². The molecule has 4 nitrogen and oxygen atoms in total. The van der Waals surface area contributed by atoms with Crippen LogP contribution < -0.4 is 0 Å². The maximum absolute atomic E-state index is 12.5. The number of nitrogens with zero attached hydrogens (tertiary/aromatic N) is 4. The van der Waals surface area contributed by atoms with Crippen molar-refractivity contribution in [3.8, 4) is 62.0 Å². The number of fused-ring (bicyclic) bond motifs is 14. The third-order valence-electron chi connectivity index (χ3n) is 14.4. The van der Waals surface area contributed by atoms with E-state index in [4.69, 9.17) is 2.74 Å². The Morgan fingerprint density at radius 2 is 0.851 bits per heavy atom. The lowest BCUT2D eigenvalue weighted by Crippen LogP contribution is -2.09. The topological polar surface area (TPSA) is 38.0 Å². The number of benzene rings is 11. The Bertz CT molecular complexity index is 5210. The number of nitriles is 1. The van der Waals surface area contributed by atoms with Crippen molar-refractivity contribution in [3.63, 3.8) is 0 Å². The standard InChI is InChI=1S/C68H38N4S2/c1-70-62-60(43-22-10-4-11-23-43)55(40-69)63(71-56-38-45(41-18-6-2-7-19-41)30-32-47(56)51-34-36-53-49-26-14-16-28-58(49)73-67(53)64(51)71)61(44-24-12-5-13-25-44)66(62)72-57-39-46(42-20-8-3-9-21-42)31-33-48(57)52-35-37-54-50-27-15-17-29-59(50)74-68(54)65(52)72/h2-39H/i4D,5D,10D,11D,12D,13D,22D,23D,24D,25D. The molecule has 4 heterocycles. The van der Waals surface area contributed by atoms with Crippen molar-refractivity contribution < 1.29 is 13.7 Å². The minimum atomic E-state index is -0.698. The summed E-state index contributed by atoms with van der Waals surface area (Å²) in [6.45, 7) is 9.62. The first-order valence-electron chi connectivity index (χ1n) is 28.9. The van der Waals surface area contributed by atoms with Crippen LogP contribution in [0.1, 0.15) is 19.3 Å². The van der Waals surface area contributed by atoms with Crippen LogP contribution >= 0.6 is 22.7 Å². The summed E-state index contributed by atoms with van der Waals surface area (Å²) in [7, 11) is 0. The Balaban J connectivity index is 1.30. The van der Waals surface area contributed by atoms with Crippen molar-refractivity contribution in [1.29, 1.82) is 5.26 Å². The average Bonchev–Trinajstić information content (AvgIpc) is 1.54. The summed E-state index contributed by atoms with van der Waals surface area (Å²) in [5, 5.41) is 19.1. The lowest BCUT2D eigenvalue weighted by molar-refractivity contribution is 1.14. The van der Waals surface area contributed by atoms with Gasteiger partial charge >= 0.3 is 0 Å². The van der Waals surface area contributed by atoms with Crippen LogP contribution in [0.3, 0.4) is 0 Å².